The molecule has 2 N–H and O–H groups in total. The van der Waals surface area contributed by atoms with Gasteiger partial charge in [-0.25, -0.2) is 18.4 Å². The molecule has 1 saturated carbocycles. The zero-order valence-electron chi connectivity index (χ0n) is 15.2. The van der Waals surface area contributed by atoms with Crippen molar-refractivity contribution >= 4 is 27.7 Å². The SMILES string of the molecule is O=C(NC1(CNc2nonc2-c2noc(=O)n2-c2ccc(F)c(Br)c2)CC1)C(F)(F)F. The molecule has 0 saturated heterocycles. The summed E-state index contributed by atoms with van der Waals surface area (Å²) in [6, 6.07) is 3.72. The Balaban J connectivity index is 1.58. The van der Waals surface area contributed by atoms with Crippen molar-refractivity contribution in [1.82, 2.24) is 25.4 Å². The summed E-state index contributed by atoms with van der Waals surface area (Å²) in [4.78, 5) is 23.4. The van der Waals surface area contributed by atoms with Crippen molar-refractivity contribution in [2.75, 3.05) is 11.9 Å². The minimum Gasteiger partial charge on any atom is -0.363 e. The Hall–Kier alpha value is -3.23. The molecule has 2 heterocycles. The number of carbonyl (C=O) groups is 1. The minimum absolute atomic E-state index is 0.0456. The van der Waals surface area contributed by atoms with E-state index >= 15 is 0 Å². The average molecular weight is 507 g/mol. The summed E-state index contributed by atoms with van der Waals surface area (Å²) < 4.78 is 61.5. The maximum absolute atomic E-state index is 13.5. The highest BCUT2D eigenvalue weighted by atomic mass is 79.9. The summed E-state index contributed by atoms with van der Waals surface area (Å²) >= 11 is 3.02. The molecule has 15 heteroatoms. The van der Waals surface area contributed by atoms with Gasteiger partial charge in [-0.1, -0.05) is 5.16 Å². The molecular formula is C16H11BrF4N6O4. The van der Waals surface area contributed by atoms with E-state index in [0.717, 1.165) is 10.6 Å². The van der Waals surface area contributed by atoms with Gasteiger partial charge in [0, 0.05) is 6.54 Å². The van der Waals surface area contributed by atoms with Crippen LogP contribution in [-0.4, -0.2) is 44.2 Å². The zero-order chi connectivity index (χ0) is 22.4. The highest BCUT2D eigenvalue weighted by Gasteiger charge is 2.50. The Labute approximate surface area is 177 Å². The van der Waals surface area contributed by atoms with E-state index in [1.54, 1.807) is 0 Å². The number of anilines is 1. The molecule has 0 radical (unpaired) electrons. The van der Waals surface area contributed by atoms with Crippen LogP contribution in [0.1, 0.15) is 12.8 Å². The van der Waals surface area contributed by atoms with Crippen molar-refractivity contribution in [3.8, 4) is 17.2 Å². The Kier molecular flexibility index (Phi) is 5.07. The summed E-state index contributed by atoms with van der Waals surface area (Å²) in [5.41, 5.74) is -0.988. The molecule has 1 fully saturated rings. The summed E-state index contributed by atoms with van der Waals surface area (Å²) in [5, 5.41) is 15.6. The first-order valence-corrected chi connectivity index (χ1v) is 9.39. The molecule has 1 aliphatic carbocycles. The van der Waals surface area contributed by atoms with E-state index in [-0.39, 0.29) is 34.0 Å². The molecule has 0 unspecified atom stereocenters. The smallest absolute Gasteiger partial charge is 0.363 e. The lowest BCUT2D eigenvalue weighted by Gasteiger charge is -2.18. The molecule has 4 rings (SSSR count). The fourth-order valence-electron chi connectivity index (χ4n) is 2.76. The zero-order valence-corrected chi connectivity index (χ0v) is 16.8. The van der Waals surface area contributed by atoms with Gasteiger partial charge in [0.2, 0.25) is 11.6 Å². The third kappa shape index (κ3) is 4.17. The molecule has 1 amide bonds. The highest BCUT2D eigenvalue weighted by molar-refractivity contribution is 9.10. The Morgan fingerprint density at radius 3 is 2.65 bits per heavy atom. The first-order chi connectivity index (χ1) is 14.6. The monoisotopic (exact) mass is 506 g/mol. The van der Waals surface area contributed by atoms with E-state index in [9.17, 15) is 27.2 Å². The number of amides is 1. The topological polar surface area (TPSA) is 128 Å². The van der Waals surface area contributed by atoms with Gasteiger partial charge in [0.15, 0.2) is 5.69 Å². The normalized spacial score (nSPS) is 15.0. The fourth-order valence-corrected chi connectivity index (χ4v) is 3.13. The van der Waals surface area contributed by atoms with Crippen LogP contribution in [0.25, 0.3) is 17.2 Å². The first-order valence-electron chi connectivity index (χ1n) is 8.60. The van der Waals surface area contributed by atoms with E-state index in [1.807, 2.05) is 5.32 Å². The second-order valence-corrected chi connectivity index (χ2v) is 7.61. The van der Waals surface area contributed by atoms with Crippen molar-refractivity contribution in [1.29, 1.82) is 0 Å². The van der Waals surface area contributed by atoms with Crippen LogP contribution in [0.15, 0.2) is 36.6 Å². The molecule has 10 nitrogen and oxygen atoms in total. The lowest BCUT2D eigenvalue weighted by Crippen LogP contribution is -2.47. The van der Waals surface area contributed by atoms with Gasteiger partial charge < -0.3 is 10.6 Å². The molecule has 1 aromatic carbocycles. The van der Waals surface area contributed by atoms with E-state index in [4.69, 9.17) is 0 Å². The number of aromatic nitrogens is 4. The molecule has 31 heavy (non-hydrogen) atoms. The molecule has 0 atom stereocenters. The summed E-state index contributed by atoms with van der Waals surface area (Å²) in [6.45, 7) is -0.111. The van der Waals surface area contributed by atoms with E-state index < -0.39 is 29.2 Å². The molecule has 0 aliphatic heterocycles. The number of alkyl halides is 3. The number of nitrogens with one attached hydrogen (secondary N) is 2. The largest absolute Gasteiger partial charge is 0.471 e. The van der Waals surface area contributed by atoms with Gasteiger partial charge in [0.1, 0.15) is 5.82 Å². The standard InChI is InChI=1S/C16H11BrF4N6O4/c17-8-5-7(1-2-9(8)18)27-12(26-30-14(27)29)10-11(25-31-24-10)22-6-15(3-4-15)23-13(28)16(19,20)21/h1-2,5H,3-4,6H2,(H,22,25)(H,23,28). The van der Waals surface area contributed by atoms with Crippen molar-refractivity contribution in [2.24, 2.45) is 0 Å². The maximum atomic E-state index is 13.5. The molecule has 2 aromatic heterocycles. The average Bonchev–Trinajstić information content (AvgIpc) is 3.12. The summed E-state index contributed by atoms with van der Waals surface area (Å²) in [7, 11) is 0. The van der Waals surface area contributed by atoms with E-state index in [0.29, 0.717) is 12.8 Å². The van der Waals surface area contributed by atoms with Crippen LogP contribution in [0.5, 0.6) is 0 Å². The summed E-state index contributed by atoms with van der Waals surface area (Å²) in [5.74, 6) is -3.70. The van der Waals surface area contributed by atoms with Crippen molar-refractivity contribution < 1.29 is 31.5 Å². The summed E-state index contributed by atoms with van der Waals surface area (Å²) in [6.07, 6.45) is -4.36. The predicted molar refractivity (Wildman–Crippen MR) is 97.7 cm³/mol. The fraction of sp³-hybridized carbons (Fsp3) is 0.312. The van der Waals surface area contributed by atoms with Crippen LogP contribution < -0.4 is 16.4 Å². The van der Waals surface area contributed by atoms with E-state index in [1.165, 1.54) is 12.1 Å². The molecule has 0 bridgehead atoms. The molecular weight excluding hydrogens is 496 g/mol. The third-order valence-corrected chi connectivity index (χ3v) is 5.16. The number of hydrogen-bond donors (Lipinski definition) is 2. The van der Waals surface area contributed by atoms with Crippen LogP contribution in [0.2, 0.25) is 0 Å². The van der Waals surface area contributed by atoms with Gasteiger partial charge in [0.25, 0.3) is 0 Å². The molecule has 164 valence electrons. The van der Waals surface area contributed by atoms with Gasteiger partial charge in [-0.2, -0.15) is 13.2 Å². The number of carbonyl (C=O) groups excluding carboxylic acids is 1. The van der Waals surface area contributed by atoms with Gasteiger partial charge in [-0.05, 0) is 57.3 Å². The van der Waals surface area contributed by atoms with Crippen molar-refractivity contribution in [2.45, 2.75) is 24.6 Å². The number of nitrogens with zero attached hydrogens (tertiary/aromatic N) is 4. The van der Waals surface area contributed by atoms with Crippen LogP contribution >= 0.6 is 15.9 Å². The van der Waals surface area contributed by atoms with Crippen LogP contribution in [0.3, 0.4) is 0 Å². The third-order valence-electron chi connectivity index (χ3n) is 4.55. The van der Waals surface area contributed by atoms with Gasteiger partial charge >= 0.3 is 17.8 Å². The number of rotatable bonds is 6. The Morgan fingerprint density at radius 2 is 2.00 bits per heavy atom. The minimum atomic E-state index is -5.00. The Morgan fingerprint density at radius 1 is 1.26 bits per heavy atom. The van der Waals surface area contributed by atoms with Gasteiger partial charge in [-0.15, -0.1) is 0 Å². The molecule has 0 spiro atoms. The molecule has 1 aliphatic rings. The number of benzene rings is 1. The first kappa shape index (κ1) is 21.0. The van der Waals surface area contributed by atoms with Crippen LogP contribution in [0.4, 0.5) is 23.4 Å². The molecule has 3 aromatic rings. The number of hydrogen-bond acceptors (Lipinski definition) is 8. The quantitative estimate of drug-likeness (QED) is 0.487. The lowest BCUT2D eigenvalue weighted by atomic mass is 10.2. The van der Waals surface area contributed by atoms with Gasteiger partial charge in [-0.3, -0.25) is 9.32 Å². The van der Waals surface area contributed by atoms with Crippen LogP contribution in [0, 0.1) is 5.82 Å². The van der Waals surface area contributed by atoms with E-state index in [2.05, 4.69) is 45.9 Å². The Bertz CT molecular complexity index is 1200. The van der Waals surface area contributed by atoms with Crippen molar-refractivity contribution in [3.63, 3.8) is 0 Å². The predicted octanol–water partition coefficient (Wildman–Crippen LogP) is 2.40. The van der Waals surface area contributed by atoms with Gasteiger partial charge in [0.05, 0.1) is 15.7 Å². The highest BCUT2D eigenvalue weighted by Crippen LogP contribution is 2.37. The second-order valence-electron chi connectivity index (χ2n) is 6.75. The van der Waals surface area contributed by atoms with Crippen molar-refractivity contribution in [3.05, 3.63) is 39.0 Å². The van der Waals surface area contributed by atoms with Crippen LogP contribution in [-0.2, 0) is 4.79 Å². The second kappa shape index (κ2) is 7.47. The number of halogens is 5. The maximum Gasteiger partial charge on any atom is 0.471 e. The lowest BCUT2D eigenvalue weighted by molar-refractivity contribution is -0.174.